The minimum absolute atomic E-state index is 0.0636. The van der Waals surface area contributed by atoms with Gasteiger partial charge in [0.05, 0.1) is 5.69 Å². The van der Waals surface area contributed by atoms with Crippen molar-refractivity contribution in [2.45, 2.75) is 64.6 Å². The first-order valence-electron chi connectivity index (χ1n) is 13.3. The van der Waals surface area contributed by atoms with Gasteiger partial charge in [0.25, 0.3) is 5.91 Å². The van der Waals surface area contributed by atoms with E-state index in [2.05, 4.69) is 27.3 Å². The Morgan fingerprint density at radius 3 is 2.74 bits per heavy atom. The van der Waals surface area contributed by atoms with Gasteiger partial charge in [-0.05, 0) is 68.1 Å². The highest BCUT2D eigenvalue weighted by Crippen LogP contribution is 2.27. The van der Waals surface area contributed by atoms with Crippen LogP contribution in [-0.2, 0) is 12.8 Å². The first-order chi connectivity index (χ1) is 18.4. The Morgan fingerprint density at radius 2 is 1.97 bits per heavy atom. The number of aryl methyl sites for hydroxylation is 1. The second-order valence-corrected chi connectivity index (χ2v) is 9.90. The van der Waals surface area contributed by atoms with Crippen molar-refractivity contribution in [3.8, 4) is 11.3 Å². The number of rotatable bonds is 7. The van der Waals surface area contributed by atoms with Crippen molar-refractivity contribution in [3.63, 3.8) is 0 Å². The number of nitrogens with zero attached hydrogens (tertiary/aromatic N) is 5. The van der Waals surface area contributed by atoms with Crippen LogP contribution in [0.4, 0.5) is 10.1 Å². The number of pyridine rings is 1. The molecule has 2 unspecified atom stereocenters. The lowest BCUT2D eigenvalue weighted by Gasteiger charge is -2.27. The molecule has 0 spiro atoms. The molecule has 198 valence electrons. The van der Waals surface area contributed by atoms with Crippen LogP contribution in [0, 0.1) is 5.82 Å². The number of carbonyl (C=O) groups excluding carboxylic acids is 1. The Labute approximate surface area is 221 Å². The molecule has 1 aromatic carbocycles. The second kappa shape index (κ2) is 11.3. The molecule has 1 aliphatic heterocycles. The third kappa shape index (κ3) is 5.52. The third-order valence-corrected chi connectivity index (χ3v) is 7.15. The summed E-state index contributed by atoms with van der Waals surface area (Å²) in [7, 11) is 0. The fraction of sp³-hybridized carbons (Fsp3) is 0.379. The zero-order valence-corrected chi connectivity index (χ0v) is 21.8. The molecule has 1 fully saturated rings. The summed E-state index contributed by atoms with van der Waals surface area (Å²) in [6.45, 7) is 4.83. The van der Waals surface area contributed by atoms with Gasteiger partial charge in [0, 0.05) is 54.4 Å². The summed E-state index contributed by atoms with van der Waals surface area (Å²) in [6.07, 6.45) is 7.73. The first-order valence-corrected chi connectivity index (χ1v) is 13.3. The van der Waals surface area contributed by atoms with Crippen LogP contribution >= 0.6 is 0 Å². The fourth-order valence-corrected chi connectivity index (χ4v) is 5.05. The molecule has 2 N–H and O–H groups in total. The summed E-state index contributed by atoms with van der Waals surface area (Å²) < 4.78 is 16.9. The van der Waals surface area contributed by atoms with E-state index in [4.69, 9.17) is 0 Å². The molecular weight excluding hydrogens is 483 g/mol. The van der Waals surface area contributed by atoms with Gasteiger partial charge in [-0.3, -0.25) is 9.78 Å². The maximum absolute atomic E-state index is 15.2. The van der Waals surface area contributed by atoms with E-state index in [9.17, 15) is 9.90 Å². The third-order valence-electron chi connectivity index (χ3n) is 7.15. The molecule has 1 aliphatic rings. The predicted octanol–water partition coefficient (Wildman–Crippen LogP) is 4.87. The Kier molecular flexibility index (Phi) is 7.64. The lowest BCUT2D eigenvalue weighted by Crippen LogP contribution is -2.38. The Morgan fingerprint density at radius 1 is 1.16 bits per heavy atom. The topological polar surface area (TPSA) is 95.7 Å². The molecule has 0 bridgehead atoms. The van der Waals surface area contributed by atoms with Gasteiger partial charge in [-0.2, -0.15) is 5.10 Å². The van der Waals surface area contributed by atoms with E-state index < -0.39 is 12.0 Å². The molecule has 2 atom stereocenters. The van der Waals surface area contributed by atoms with Crippen molar-refractivity contribution in [3.05, 3.63) is 77.6 Å². The maximum Gasteiger partial charge on any atom is 0.272 e. The number of aromatic nitrogens is 4. The van der Waals surface area contributed by atoms with Crippen LogP contribution in [0.2, 0.25) is 0 Å². The van der Waals surface area contributed by atoms with E-state index >= 15 is 4.39 Å². The highest BCUT2D eigenvalue weighted by atomic mass is 19.1. The zero-order chi connectivity index (χ0) is 26.6. The molecule has 8 nitrogen and oxygen atoms in total. The number of anilines is 1. The molecule has 0 radical (unpaired) electrons. The van der Waals surface area contributed by atoms with Crippen molar-refractivity contribution < 1.29 is 14.3 Å². The molecule has 4 aromatic rings. The SMILES string of the molecule is CCc1cc(C(=O)N2CCCCCC2C)nc2cc(-c3ccc(NC(O)Cc4ccncc4)cc3F)nn12. The Hall–Kier alpha value is -3.85. The number of carbonyl (C=O) groups is 1. The monoisotopic (exact) mass is 516 g/mol. The van der Waals surface area contributed by atoms with Crippen molar-refractivity contribution in [1.29, 1.82) is 0 Å². The minimum Gasteiger partial charge on any atom is -0.373 e. The number of amides is 1. The van der Waals surface area contributed by atoms with Gasteiger partial charge in [0.1, 0.15) is 17.7 Å². The molecule has 1 amide bonds. The van der Waals surface area contributed by atoms with Crippen molar-refractivity contribution in [1.82, 2.24) is 24.5 Å². The summed E-state index contributed by atoms with van der Waals surface area (Å²) in [5.74, 6) is -0.534. The van der Waals surface area contributed by atoms with E-state index in [-0.39, 0.29) is 11.9 Å². The number of nitrogens with one attached hydrogen (secondary N) is 1. The molecule has 4 heterocycles. The van der Waals surface area contributed by atoms with Gasteiger partial charge in [-0.15, -0.1) is 0 Å². The van der Waals surface area contributed by atoms with Crippen molar-refractivity contribution in [2.24, 2.45) is 0 Å². The minimum atomic E-state index is -0.878. The molecule has 0 aliphatic carbocycles. The van der Waals surface area contributed by atoms with E-state index in [1.54, 1.807) is 41.2 Å². The summed E-state index contributed by atoms with van der Waals surface area (Å²) in [4.78, 5) is 23.9. The predicted molar refractivity (Wildman–Crippen MR) is 144 cm³/mol. The average molecular weight is 517 g/mol. The number of fused-ring (bicyclic) bond motifs is 1. The van der Waals surface area contributed by atoms with Gasteiger partial charge in [0.2, 0.25) is 0 Å². The van der Waals surface area contributed by atoms with E-state index in [1.807, 2.05) is 24.0 Å². The zero-order valence-electron chi connectivity index (χ0n) is 21.8. The quantitative estimate of drug-likeness (QED) is 0.340. The smallest absolute Gasteiger partial charge is 0.272 e. The molecule has 5 rings (SSSR count). The summed E-state index contributed by atoms with van der Waals surface area (Å²) in [5, 5.41) is 17.9. The van der Waals surface area contributed by atoms with Crippen LogP contribution in [0.5, 0.6) is 0 Å². The van der Waals surface area contributed by atoms with Gasteiger partial charge < -0.3 is 15.3 Å². The summed E-state index contributed by atoms with van der Waals surface area (Å²) >= 11 is 0. The lowest BCUT2D eigenvalue weighted by molar-refractivity contribution is 0.0691. The molecule has 9 heteroatoms. The molecular formula is C29H33FN6O2. The van der Waals surface area contributed by atoms with Crippen LogP contribution in [-0.4, -0.2) is 54.3 Å². The van der Waals surface area contributed by atoms with Crippen molar-refractivity contribution in [2.75, 3.05) is 11.9 Å². The largest absolute Gasteiger partial charge is 0.373 e. The van der Waals surface area contributed by atoms with E-state index in [1.165, 1.54) is 6.07 Å². The van der Waals surface area contributed by atoms with E-state index in [0.717, 1.165) is 43.5 Å². The number of hydrogen-bond donors (Lipinski definition) is 2. The summed E-state index contributed by atoms with van der Waals surface area (Å²) in [6, 6.07) is 12.0. The normalized spacial score (nSPS) is 16.8. The first kappa shape index (κ1) is 25.8. The number of benzene rings is 1. The van der Waals surface area contributed by atoms with Crippen LogP contribution in [0.3, 0.4) is 0 Å². The average Bonchev–Trinajstić information content (AvgIpc) is 3.22. The Bertz CT molecular complexity index is 1420. The molecule has 38 heavy (non-hydrogen) atoms. The highest BCUT2D eigenvalue weighted by Gasteiger charge is 2.25. The fourth-order valence-electron chi connectivity index (χ4n) is 5.05. The van der Waals surface area contributed by atoms with Gasteiger partial charge >= 0.3 is 0 Å². The number of aliphatic hydroxyl groups excluding tert-OH is 1. The van der Waals surface area contributed by atoms with Crippen molar-refractivity contribution >= 4 is 17.2 Å². The van der Waals surface area contributed by atoms with Gasteiger partial charge in [-0.1, -0.05) is 19.8 Å². The second-order valence-electron chi connectivity index (χ2n) is 9.90. The summed E-state index contributed by atoms with van der Waals surface area (Å²) in [5.41, 5.74) is 3.89. The molecule has 1 saturated heterocycles. The molecule has 3 aromatic heterocycles. The van der Waals surface area contributed by atoms with Crippen LogP contribution in [0.25, 0.3) is 16.9 Å². The highest BCUT2D eigenvalue weighted by molar-refractivity contribution is 5.93. The lowest BCUT2D eigenvalue weighted by atomic mass is 10.1. The Balaban J connectivity index is 1.39. The van der Waals surface area contributed by atoms with Crippen LogP contribution < -0.4 is 5.32 Å². The number of likely N-dealkylation sites (tertiary alicyclic amines) is 1. The molecule has 0 saturated carbocycles. The van der Waals surface area contributed by atoms with E-state index in [0.29, 0.717) is 41.1 Å². The van der Waals surface area contributed by atoms with Crippen LogP contribution in [0.1, 0.15) is 61.3 Å². The number of halogens is 1. The maximum atomic E-state index is 15.2. The van der Waals surface area contributed by atoms with Gasteiger partial charge in [0.15, 0.2) is 5.65 Å². The number of aliphatic hydroxyl groups is 1. The number of hydrogen-bond acceptors (Lipinski definition) is 6. The van der Waals surface area contributed by atoms with Crippen LogP contribution in [0.15, 0.2) is 54.9 Å². The van der Waals surface area contributed by atoms with Gasteiger partial charge in [-0.25, -0.2) is 13.9 Å². The standard InChI is InChI=1S/C29H33FN6O2/c1-3-22-17-26(29(38)35-14-6-4-5-7-19(35)2)33-27-18-25(34-36(22)27)23-9-8-21(16-24(23)30)32-28(37)15-20-10-12-31-13-11-20/h8-13,16-19,28,32,37H,3-7,14-15H2,1-2H3.